The van der Waals surface area contributed by atoms with E-state index >= 15 is 0 Å². The lowest BCUT2D eigenvalue weighted by atomic mass is 10.1. The Hall–Kier alpha value is -0.930. The van der Waals surface area contributed by atoms with Gasteiger partial charge in [0.25, 0.3) is 0 Å². The molecule has 0 aliphatic rings. The number of hydrogen-bond acceptors (Lipinski definition) is 3. The minimum Gasteiger partial charge on any atom is -0.372 e. The Kier molecular flexibility index (Phi) is 7.03. The molecule has 0 radical (unpaired) electrons. The number of pyridine rings is 1. The summed E-state index contributed by atoms with van der Waals surface area (Å²) in [6.07, 6.45) is 0.268. The Bertz CT molecular complexity index is 364. The molecule has 0 saturated heterocycles. The molecule has 0 saturated carbocycles. The molecule has 0 bridgehead atoms. The monoisotopic (exact) mass is 264 g/mol. The fourth-order valence-corrected chi connectivity index (χ4v) is 1.61. The summed E-state index contributed by atoms with van der Waals surface area (Å²) >= 11 is 0. The molecule has 0 aliphatic carbocycles. The summed E-state index contributed by atoms with van der Waals surface area (Å²) in [4.78, 5) is 4.61. The molecular formula is C16H28N2O. The summed E-state index contributed by atoms with van der Waals surface area (Å²) < 4.78 is 5.80. The topological polar surface area (TPSA) is 34.1 Å². The van der Waals surface area contributed by atoms with Gasteiger partial charge in [-0.15, -0.1) is 0 Å². The molecule has 0 amide bonds. The van der Waals surface area contributed by atoms with Gasteiger partial charge in [0, 0.05) is 6.54 Å². The zero-order valence-corrected chi connectivity index (χ0v) is 12.9. The minimum absolute atomic E-state index is 0.268. The van der Waals surface area contributed by atoms with Crippen LogP contribution in [0.4, 0.5) is 0 Å². The predicted molar refractivity (Wildman–Crippen MR) is 79.9 cm³/mol. The highest BCUT2D eigenvalue weighted by molar-refractivity contribution is 5.10. The van der Waals surface area contributed by atoms with Gasteiger partial charge in [-0.25, -0.2) is 0 Å². The fourth-order valence-electron chi connectivity index (χ4n) is 1.61. The molecule has 1 rings (SSSR count). The zero-order valence-electron chi connectivity index (χ0n) is 12.9. The van der Waals surface area contributed by atoms with E-state index in [1.165, 1.54) is 0 Å². The quantitative estimate of drug-likeness (QED) is 0.781. The van der Waals surface area contributed by atoms with Gasteiger partial charge < -0.3 is 10.1 Å². The molecule has 3 nitrogen and oxygen atoms in total. The molecule has 0 spiro atoms. The highest BCUT2D eigenvalue weighted by Gasteiger charge is 2.08. The first-order chi connectivity index (χ1) is 8.99. The number of hydrogen-bond donors (Lipinski definition) is 1. The number of rotatable bonds is 8. The SMILES string of the molecule is CC(C)CNCc1cccc(COC(C)C(C)C)n1. The second-order valence-electron chi connectivity index (χ2n) is 5.91. The first kappa shape index (κ1) is 16.1. The zero-order chi connectivity index (χ0) is 14.3. The van der Waals surface area contributed by atoms with Gasteiger partial charge in [0.1, 0.15) is 0 Å². The second-order valence-corrected chi connectivity index (χ2v) is 5.91. The van der Waals surface area contributed by atoms with Crippen LogP contribution in [-0.4, -0.2) is 17.6 Å². The number of nitrogens with zero attached hydrogens (tertiary/aromatic N) is 1. The minimum atomic E-state index is 0.268. The van der Waals surface area contributed by atoms with Gasteiger partial charge in [-0.1, -0.05) is 33.8 Å². The van der Waals surface area contributed by atoms with E-state index in [2.05, 4.69) is 57.1 Å². The third-order valence-corrected chi connectivity index (χ3v) is 3.16. The second kappa shape index (κ2) is 8.28. The van der Waals surface area contributed by atoms with Crippen molar-refractivity contribution >= 4 is 0 Å². The molecule has 1 aromatic rings. The molecule has 1 heterocycles. The molecule has 3 heteroatoms. The normalized spacial score (nSPS) is 13.2. The first-order valence-electron chi connectivity index (χ1n) is 7.26. The van der Waals surface area contributed by atoms with Gasteiger partial charge in [-0.3, -0.25) is 4.98 Å². The van der Waals surface area contributed by atoms with Crippen molar-refractivity contribution in [1.82, 2.24) is 10.3 Å². The van der Waals surface area contributed by atoms with Crippen LogP contribution in [0.15, 0.2) is 18.2 Å². The van der Waals surface area contributed by atoms with Crippen molar-refractivity contribution in [3.63, 3.8) is 0 Å². The van der Waals surface area contributed by atoms with E-state index in [1.807, 2.05) is 6.07 Å². The molecule has 19 heavy (non-hydrogen) atoms. The van der Waals surface area contributed by atoms with Gasteiger partial charge in [0.2, 0.25) is 0 Å². The van der Waals surface area contributed by atoms with Gasteiger partial charge >= 0.3 is 0 Å². The largest absolute Gasteiger partial charge is 0.372 e. The molecule has 1 unspecified atom stereocenters. The van der Waals surface area contributed by atoms with Crippen LogP contribution in [0, 0.1) is 11.8 Å². The fraction of sp³-hybridized carbons (Fsp3) is 0.688. The van der Waals surface area contributed by atoms with Crippen LogP contribution in [0.25, 0.3) is 0 Å². The Morgan fingerprint density at radius 3 is 2.42 bits per heavy atom. The molecule has 0 fully saturated rings. The third kappa shape index (κ3) is 6.69. The summed E-state index contributed by atoms with van der Waals surface area (Å²) in [5.41, 5.74) is 2.09. The van der Waals surface area contributed by atoms with Gasteiger partial charge in [-0.2, -0.15) is 0 Å². The lowest BCUT2D eigenvalue weighted by molar-refractivity contribution is 0.0217. The highest BCUT2D eigenvalue weighted by Crippen LogP contribution is 2.09. The average Bonchev–Trinajstić information content (AvgIpc) is 2.36. The van der Waals surface area contributed by atoms with E-state index in [-0.39, 0.29) is 6.10 Å². The van der Waals surface area contributed by atoms with E-state index in [4.69, 9.17) is 4.74 Å². The van der Waals surface area contributed by atoms with Crippen LogP contribution in [0.3, 0.4) is 0 Å². The van der Waals surface area contributed by atoms with Crippen molar-refractivity contribution in [1.29, 1.82) is 0 Å². The van der Waals surface area contributed by atoms with Gasteiger partial charge in [0.05, 0.1) is 24.1 Å². The average molecular weight is 264 g/mol. The van der Waals surface area contributed by atoms with E-state index in [1.54, 1.807) is 0 Å². The number of ether oxygens (including phenoxy) is 1. The summed E-state index contributed by atoms with van der Waals surface area (Å²) in [6, 6.07) is 6.14. The molecule has 0 aromatic carbocycles. The van der Waals surface area contributed by atoms with E-state index in [0.717, 1.165) is 24.5 Å². The molecule has 1 atom stereocenters. The van der Waals surface area contributed by atoms with Crippen molar-refractivity contribution in [3.8, 4) is 0 Å². The summed E-state index contributed by atoms with van der Waals surface area (Å²) in [7, 11) is 0. The number of nitrogens with one attached hydrogen (secondary N) is 1. The molecule has 1 N–H and O–H groups in total. The van der Waals surface area contributed by atoms with E-state index in [9.17, 15) is 0 Å². The summed E-state index contributed by atoms with van der Waals surface area (Å²) in [5, 5.41) is 3.41. The molecule has 1 aromatic heterocycles. The lowest BCUT2D eigenvalue weighted by Crippen LogP contribution is -2.20. The Balaban J connectivity index is 2.43. The van der Waals surface area contributed by atoms with Crippen LogP contribution in [0.5, 0.6) is 0 Å². The van der Waals surface area contributed by atoms with Crippen molar-refractivity contribution in [2.45, 2.75) is 53.9 Å². The summed E-state index contributed by atoms with van der Waals surface area (Å²) in [5.74, 6) is 1.20. The van der Waals surface area contributed by atoms with Crippen molar-refractivity contribution in [3.05, 3.63) is 29.6 Å². The van der Waals surface area contributed by atoms with Crippen LogP contribution >= 0.6 is 0 Å². The van der Waals surface area contributed by atoms with Crippen LogP contribution in [0.1, 0.15) is 46.0 Å². The predicted octanol–water partition coefficient (Wildman–Crippen LogP) is 3.39. The van der Waals surface area contributed by atoms with Crippen LogP contribution in [-0.2, 0) is 17.9 Å². The van der Waals surface area contributed by atoms with Gasteiger partial charge in [0.15, 0.2) is 0 Å². The smallest absolute Gasteiger partial charge is 0.0891 e. The maximum Gasteiger partial charge on any atom is 0.0891 e. The van der Waals surface area contributed by atoms with Crippen molar-refractivity contribution < 1.29 is 4.74 Å². The van der Waals surface area contributed by atoms with Crippen LogP contribution in [0.2, 0.25) is 0 Å². The third-order valence-electron chi connectivity index (χ3n) is 3.16. The van der Waals surface area contributed by atoms with Crippen molar-refractivity contribution in [2.75, 3.05) is 6.54 Å². The maximum atomic E-state index is 5.80. The highest BCUT2D eigenvalue weighted by atomic mass is 16.5. The van der Waals surface area contributed by atoms with Crippen LogP contribution < -0.4 is 5.32 Å². The molecule has 108 valence electrons. The Labute approximate surface area is 117 Å². The molecular weight excluding hydrogens is 236 g/mol. The Morgan fingerprint density at radius 2 is 1.79 bits per heavy atom. The summed E-state index contributed by atoms with van der Waals surface area (Å²) in [6.45, 7) is 13.3. The molecule has 0 aliphatic heterocycles. The van der Waals surface area contributed by atoms with Gasteiger partial charge in [-0.05, 0) is 37.4 Å². The standard InChI is InChI=1S/C16H28N2O/c1-12(2)9-17-10-15-7-6-8-16(18-15)11-19-14(5)13(3)4/h6-8,12-14,17H,9-11H2,1-5H3. The lowest BCUT2D eigenvalue weighted by Gasteiger charge is -2.16. The number of aromatic nitrogens is 1. The first-order valence-corrected chi connectivity index (χ1v) is 7.26. The maximum absolute atomic E-state index is 5.80. The van der Waals surface area contributed by atoms with Crippen molar-refractivity contribution in [2.24, 2.45) is 11.8 Å². The van der Waals surface area contributed by atoms with E-state index in [0.29, 0.717) is 18.4 Å². The Morgan fingerprint density at radius 1 is 1.11 bits per heavy atom. The van der Waals surface area contributed by atoms with E-state index < -0.39 is 0 Å².